The van der Waals surface area contributed by atoms with Crippen molar-refractivity contribution in [3.8, 4) is 0 Å². The second-order valence-electron chi connectivity index (χ2n) is 4.67. The van der Waals surface area contributed by atoms with Crippen LogP contribution in [0.2, 0.25) is 0 Å². The summed E-state index contributed by atoms with van der Waals surface area (Å²) in [5.41, 5.74) is 6.52. The minimum absolute atomic E-state index is 0.160. The van der Waals surface area contributed by atoms with E-state index < -0.39 is 5.97 Å². The van der Waals surface area contributed by atoms with Crippen LogP contribution in [-0.2, 0) is 4.79 Å². The van der Waals surface area contributed by atoms with Gasteiger partial charge in [-0.3, -0.25) is 4.79 Å². The van der Waals surface area contributed by atoms with Gasteiger partial charge in [0.1, 0.15) is 5.82 Å². The van der Waals surface area contributed by atoms with Crippen LogP contribution in [-0.4, -0.2) is 11.1 Å². The molecule has 17 heavy (non-hydrogen) atoms. The molecule has 92 valence electrons. The van der Waals surface area contributed by atoms with E-state index in [1.165, 1.54) is 6.07 Å². The van der Waals surface area contributed by atoms with E-state index in [0.717, 1.165) is 18.4 Å². The van der Waals surface area contributed by atoms with Crippen LogP contribution < -0.4 is 5.73 Å². The molecule has 2 rings (SSSR count). The molecule has 0 saturated heterocycles. The van der Waals surface area contributed by atoms with Crippen molar-refractivity contribution in [1.82, 2.24) is 0 Å². The summed E-state index contributed by atoms with van der Waals surface area (Å²) < 4.78 is 13.3. The normalized spacial score (nSPS) is 24.5. The smallest absolute Gasteiger partial charge is 0.306 e. The molecule has 1 aliphatic rings. The van der Waals surface area contributed by atoms with Gasteiger partial charge in [0, 0.05) is 0 Å². The summed E-state index contributed by atoms with van der Waals surface area (Å²) in [5.74, 6) is -1.07. The van der Waals surface area contributed by atoms with Gasteiger partial charge in [-0.2, -0.15) is 0 Å². The molecule has 0 unspecified atom stereocenters. The van der Waals surface area contributed by atoms with Gasteiger partial charge in [0.25, 0.3) is 0 Å². The van der Waals surface area contributed by atoms with Crippen molar-refractivity contribution >= 4 is 11.7 Å². The maximum absolute atomic E-state index is 13.3. The van der Waals surface area contributed by atoms with Crippen molar-refractivity contribution < 1.29 is 14.3 Å². The van der Waals surface area contributed by atoms with Gasteiger partial charge in [-0.25, -0.2) is 4.39 Å². The third-order valence-electron chi connectivity index (χ3n) is 3.57. The topological polar surface area (TPSA) is 63.3 Å². The van der Waals surface area contributed by atoms with Crippen LogP contribution in [0.4, 0.5) is 10.1 Å². The molecule has 0 bridgehead atoms. The lowest BCUT2D eigenvalue weighted by Gasteiger charge is -2.26. The Kier molecular flexibility index (Phi) is 3.31. The molecule has 0 heterocycles. The first-order chi connectivity index (χ1) is 8.08. The molecule has 1 aromatic rings. The number of benzene rings is 1. The molecule has 4 heteroatoms. The van der Waals surface area contributed by atoms with Gasteiger partial charge in [-0.05, 0) is 49.3 Å². The van der Waals surface area contributed by atoms with Gasteiger partial charge in [-0.15, -0.1) is 0 Å². The van der Waals surface area contributed by atoms with E-state index in [-0.39, 0.29) is 23.3 Å². The molecule has 1 aliphatic carbocycles. The average molecular weight is 237 g/mol. The minimum atomic E-state index is -0.716. The number of carboxylic acid groups (broad SMARTS) is 1. The Labute approximate surface area is 99.4 Å². The Balaban J connectivity index is 2.05. The number of hydrogen-bond acceptors (Lipinski definition) is 2. The van der Waals surface area contributed by atoms with Crippen LogP contribution in [0.3, 0.4) is 0 Å². The Morgan fingerprint density at radius 1 is 1.29 bits per heavy atom. The summed E-state index contributed by atoms with van der Waals surface area (Å²) in [6.07, 6.45) is 2.96. The molecular weight excluding hydrogens is 221 g/mol. The molecule has 0 aromatic heterocycles. The standard InChI is InChI=1S/C13H16FNO2/c14-11-7-10(5-6-12(11)15)8-1-3-9(4-2-8)13(16)17/h5-9H,1-4,15H2,(H,16,17). The predicted molar refractivity (Wildman–Crippen MR) is 63.1 cm³/mol. The van der Waals surface area contributed by atoms with Crippen molar-refractivity contribution in [3.05, 3.63) is 29.6 Å². The number of nitrogens with two attached hydrogens (primary N) is 1. The molecule has 0 atom stereocenters. The molecule has 0 spiro atoms. The van der Waals surface area contributed by atoms with Crippen molar-refractivity contribution in [2.75, 3.05) is 5.73 Å². The molecule has 1 saturated carbocycles. The lowest BCUT2D eigenvalue weighted by atomic mass is 9.79. The van der Waals surface area contributed by atoms with E-state index in [2.05, 4.69) is 0 Å². The maximum Gasteiger partial charge on any atom is 0.306 e. The zero-order valence-corrected chi connectivity index (χ0v) is 9.53. The number of aliphatic carboxylic acids is 1. The highest BCUT2D eigenvalue weighted by Gasteiger charge is 2.26. The largest absolute Gasteiger partial charge is 0.481 e. The van der Waals surface area contributed by atoms with Crippen molar-refractivity contribution in [3.63, 3.8) is 0 Å². The summed E-state index contributed by atoms with van der Waals surface area (Å²) in [7, 11) is 0. The van der Waals surface area contributed by atoms with Crippen LogP contribution in [0.5, 0.6) is 0 Å². The van der Waals surface area contributed by atoms with E-state index >= 15 is 0 Å². The molecule has 1 aromatic carbocycles. The number of carboxylic acids is 1. The quantitative estimate of drug-likeness (QED) is 0.777. The van der Waals surface area contributed by atoms with Gasteiger partial charge >= 0.3 is 5.97 Å². The Morgan fingerprint density at radius 2 is 1.94 bits per heavy atom. The Hall–Kier alpha value is -1.58. The molecule has 0 amide bonds. The second-order valence-corrected chi connectivity index (χ2v) is 4.67. The highest BCUT2D eigenvalue weighted by atomic mass is 19.1. The van der Waals surface area contributed by atoms with Gasteiger partial charge in [0.2, 0.25) is 0 Å². The molecule has 1 fully saturated rings. The minimum Gasteiger partial charge on any atom is -0.481 e. The van der Waals surface area contributed by atoms with Crippen LogP contribution in [0.1, 0.15) is 37.2 Å². The highest BCUT2D eigenvalue weighted by Crippen LogP contribution is 2.36. The van der Waals surface area contributed by atoms with Gasteiger partial charge in [0.05, 0.1) is 11.6 Å². The van der Waals surface area contributed by atoms with E-state index in [4.69, 9.17) is 10.8 Å². The lowest BCUT2D eigenvalue weighted by Crippen LogP contribution is -2.20. The molecule has 0 radical (unpaired) electrons. The molecule has 3 nitrogen and oxygen atoms in total. The fraction of sp³-hybridized carbons (Fsp3) is 0.462. The zero-order chi connectivity index (χ0) is 12.4. The first kappa shape index (κ1) is 11.9. The average Bonchev–Trinajstić information content (AvgIpc) is 2.33. The number of carbonyl (C=O) groups is 1. The van der Waals surface area contributed by atoms with E-state index in [1.54, 1.807) is 6.07 Å². The summed E-state index contributed by atoms with van der Waals surface area (Å²) in [6, 6.07) is 4.89. The highest BCUT2D eigenvalue weighted by molar-refractivity contribution is 5.70. The number of halogens is 1. The first-order valence-corrected chi connectivity index (χ1v) is 5.85. The number of rotatable bonds is 2. The van der Waals surface area contributed by atoms with Crippen LogP contribution >= 0.6 is 0 Å². The second kappa shape index (κ2) is 4.73. The predicted octanol–water partition coefficient (Wildman–Crippen LogP) is 2.77. The lowest BCUT2D eigenvalue weighted by molar-refractivity contribution is -0.142. The maximum atomic E-state index is 13.3. The fourth-order valence-electron chi connectivity index (χ4n) is 2.47. The van der Waals surface area contributed by atoms with Gasteiger partial charge in [0.15, 0.2) is 0 Å². The van der Waals surface area contributed by atoms with Crippen LogP contribution in [0.15, 0.2) is 18.2 Å². The monoisotopic (exact) mass is 237 g/mol. The molecule has 3 N–H and O–H groups in total. The zero-order valence-electron chi connectivity index (χ0n) is 9.53. The van der Waals surface area contributed by atoms with E-state index in [9.17, 15) is 9.18 Å². The van der Waals surface area contributed by atoms with Gasteiger partial charge < -0.3 is 10.8 Å². The summed E-state index contributed by atoms with van der Waals surface area (Å²) in [5, 5.41) is 8.90. The summed E-state index contributed by atoms with van der Waals surface area (Å²) in [6.45, 7) is 0. The van der Waals surface area contributed by atoms with Crippen molar-refractivity contribution in [2.24, 2.45) is 5.92 Å². The SMILES string of the molecule is Nc1ccc(C2CCC(C(=O)O)CC2)cc1F. The van der Waals surface area contributed by atoms with E-state index in [1.807, 2.05) is 6.07 Å². The van der Waals surface area contributed by atoms with Crippen molar-refractivity contribution in [2.45, 2.75) is 31.6 Å². The van der Waals surface area contributed by atoms with Crippen LogP contribution in [0, 0.1) is 11.7 Å². The van der Waals surface area contributed by atoms with Crippen molar-refractivity contribution in [1.29, 1.82) is 0 Å². The number of anilines is 1. The third-order valence-corrected chi connectivity index (χ3v) is 3.57. The summed E-state index contributed by atoms with van der Waals surface area (Å²) >= 11 is 0. The number of nitrogen functional groups attached to an aromatic ring is 1. The molecule has 0 aliphatic heterocycles. The fourth-order valence-corrected chi connectivity index (χ4v) is 2.47. The summed E-state index contributed by atoms with van der Waals surface area (Å²) in [4.78, 5) is 10.8. The van der Waals surface area contributed by atoms with E-state index in [0.29, 0.717) is 12.8 Å². The third kappa shape index (κ3) is 2.57. The van der Waals surface area contributed by atoms with Crippen LogP contribution in [0.25, 0.3) is 0 Å². The first-order valence-electron chi connectivity index (χ1n) is 5.85. The van der Waals surface area contributed by atoms with Gasteiger partial charge in [-0.1, -0.05) is 6.07 Å². The number of hydrogen-bond donors (Lipinski definition) is 2. The molecular formula is C13H16FNO2. The Bertz CT molecular complexity index is 425. The Morgan fingerprint density at radius 3 is 2.47 bits per heavy atom.